The van der Waals surface area contributed by atoms with Crippen LogP contribution in [-0.2, 0) is 13.0 Å². The first kappa shape index (κ1) is 27.0. The number of aromatic amines is 1. The van der Waals surface area contributed by atoms with Gasteiger partial charge >= 0.3 is 5.69 Å². The number of nitrogens with one attached hydrogen (secondary N) is 2. The number of benzene rings is 2. The SMILES string of the molecule is C[C@H](N)CCCc1cc(Cl)c(F)c(-c2cc3cn(-c4ccc(CN[C@@H](C)CCN)cc4)c(=O)nc3[nH]2)c1. The Morgan fingerprint density at radius 2 is 1.89 bits per heavy atom. The van der Waals surface area contributed by atoms with E-state index in [0.717, 1.165) is 36.8 Å². The lowest BCUT2D eigenvalue weighted by atomic mass is 10.0. The van der Waals surface area contributed by atoms with Crippen LogP contribution in [0.5, 0.6) is 0 Å². The molecule has 2 atom stereocenters. The number of hydrogen-bond acceptors (Lipinski definition) is 5. The van der Waals surface area contributed by atoms with Crippen LogP contribution in [0.4, 0.5) is 4.39 Å². The molecule has 0 aliphatic rings. The Morgan fingerprint density at radius 3 is 2.59 bits per heavy atom. The van der Waals surface area contributed by atoms with E-state index >= 15 is 0 Å². The van der Waals surface area contributed by atoms with E-state index in [4.69, 9.17) is 23.1 Å². The minimum absolute atomic E-state index is 0.0616. The van der Waals surface area contributed by atoms with Gasteiger partial charge in [-0.15, -0.1) is 0 Å². The summed E-state index contributed by atoms with van der Waals surface area (Å²) in [4.78, 5) is 20.1. The summed E-state index contributed by atoms with van der Waals surface area (Å²) < 4.78 is 16.5. The van der Waals surface area contributed by atoms with Crippen LogP contribution in [0.2, 0.25) is 5.02 Å². The maximum absolute atomic E-state index is 15.0. The van der Waals surface area contributed by atoms with Crippen LogP contribution >= 0.6 is 11.6 Å². The average Bonchev–Trinajstić information content (AvgIpc) is 3.27. The Balaban J connectivity index is 1.59. The fourth-order valence-electron chi connectivity index (χ4n) is 4.36. The van der Waals surface area contributed by atoms with E-state index < -0.39 is 11.5 Å². The van der Waals surface area contributed by atoms with Crippen molar-refractivity contribution in [3.05, 3.63) is 81.1 Å². The van der Waals surface area contributed by atoms with Gasteiger partial charge in [0.25, 0.3) is 0 Å². The Bertz CT molecular complexity index is 1410. The van der Waals surface area contributed by atoms with Crippen LogP contribution in [0.1, 0.15) is 44.2 Å². The number of hydrogen-bond donors (Lipinski definition) is 4. The summed E-state index contributed by atoms with van der Waals surface area (Å²) in [5.41, 5.74) is 15.0. The molecule has 9 heteroatoms. The second kappa shape index (κ2) is 12.0. The highest BCUT2D eigenvalue weighted by atomic mass is 35.5. The number of fused-ring (bicyclic) bond motifs is 1. The van der Waals surface area contributed by atoms with Gasteiger partial charge in [-0.1, -0.05) is 23.7 Å². The summed E-state index contributed by atoms with van der Waals surface area (Å²) in [5, 5.41) is 4.18. The number of aryl methyl sites for hydroxylation is 1. The third-order valence-corrected chi connectivity index (χ3v) is 6.76. The Labute approximate surface area is 221 Å². The van der Waals surface area contributed by atoms with Crippen molar-refractivity contribution in [2.24, 2.45) is 11.5 Å². The van der Waals surface area contributed by atoms with Gasteiger partial charge in [0.05, 0.1) is 16.4 Å². The van der Waals surface area contributed by atoms with E-state index in [1.165, 1.54) is 4.57 Å². The monoisotopic (exact) mass is 524 g/mol. The summed E-state index contributed by atoms with van der Waals surface area (Å²) in [6, 6.07) is 13.4. The van der Waals surface area contributed by atoms with Crippen molar-refractivity contribution in [2.75, 3.05) is 6.54 Å². The zero-order valence-electron chi connectivity index (χ0n) is 21.2. The van der Waals surface area contributed by atoms with Crippen molar-refractivity contribution in [1.29, 1.82) is 0 Å². The molecule has 0 saturated heterocycles. The summed E-state index contributed by atoms with van der Waals surface area (Å²) in [6.07, 6.45) is 5.13. The predicted octanol–water partition coefficient (Wildman–Crippen LogP) is 4.67. The largest absolute Gasteiger partial charge is 0.354 e. The molecule has 0 amide bonds. The van der Waals surface area contributed by atoms with Crippen LogP contribution in [0.15, 0.2) is 53.5 Å². The first-order valence-electron chi connectivity index (χ1n) is 12.6. The third kappa shape index (κ3) is 6.64. The summed E-state index contributed by atoms with van der Waals surface area (Å²) >= 11 is 6.21. The standard InChI is InChI=1S/C28H34ClFN6O/c1-17(32)4-3-5-20-12-23(26(30)24(29)13-20)25-14-21-16-36(28(37)35-27(21)34-25)22-8-6-19(7-9-22)15-33-18(2)10-11-31/h6-9,12-14,16-18,33H,3-5,10-11,15,31-32H2,1-2H3,(H,34,35,37)/t17-,18-/m0/s1. The molecule has 37 heavy (non-hydrogen) atoms. The highest BCUT2D eigenvalue weighted by Crippen LogP contribution is 2.31. The molecule has 6 N–H and O–H groups in total. The van der Waals surface area contributed by atoms with Gasteiger partial charge in [-0.2, -0.15) is 4.98 Å². The van der Waals surface area contributed by atoms with Gasteiger partial charge < -0.3 is 21.8 Å². The molecule has 2 aromatic heterocycles. The zero-order valence-corrected chi connectivity index (χ0v) is 22.0. The maximum atomic E-state index is 15.0. The van der Waals surface area contributed by atoms with Gasteiger partial charge in [0.1, 0.15) is 5.65 Å². The lowest BCUT2D eigenvalue weighted by molar-refractivity contribution is 0.520. The first-order valence-corrected chi connectivity index (χ1v) is 13.0. The van der Waals surface area contributed by atoms with E-state index in [1.54, 1.807) is 24.4 Å². The molecule has 2 aromatic carbocycles. The molecule has 0 aliphatic heterocycles. The highest BCUT2D eigenvalue weighted by molar-refractivity contribution is 6.31. The molecule has 0 aliphatic carbocycles. The minimum atomic E-state index is -0.510. The fraction of sp³-hybridized carbons (Fsp3) is 0.357. The molecule has 7 nitrogen and oxygen atoms in total. The molecule has 0 saturated carbocycles. The number of halogens is 2. The van der Waals surface area contributed by atoms with Crippen molar-refractivity contribution < 1.29 is 4.39 Å². The quantitative estimate of drug-likeness (QED) is 0.227. The van der Waals surface area contributed by atoms with Crippen LogP contribution in [0.25, 0.3) is 28.0 Å². The summed E-state index contributed by atoms with van der Waals surface area (Å²) in [5.74, 6) is -0.510. The van der Waals surface area contributed by atoms with Crippen LogP contribution in [0, 0.1) is 5.82 Å². The van der Waals surface area contributed by atoms with Crippen molar-refractivity contribution >= 4 is 22.6 Å². The molecular weight excluding hydrogens is 491 g/mol. The van der Waals surface area contributed by atoms with Gasteiger partial charge in [0, 0.05) is 35.8 Å². The number of nitrogens with zero attached hydrogens (tertiary/aromatic N) is 2. The number of aromatic nitrogens is 3. The molecule has 0 spiro atoms. The van der Waals surface area contributed by atoms with Crippen molar-refractivity contribution in [2.45, 2.75) is 58.2 Å². The minimum Gasteiger partial charge on any atom is -0.339 e. The second-order valence-corrected chi connectivity index (χ2v) is 10.1. The molecule has 4 rings (SSSR count). The van der Waals surface area contributed by atoms with E-state index in [0.29, 0.717) is 47.1 Å². The predicted molar refractivity (Wildman–Crippen MR) is 149 cm³/mol. The Hall–Kier alpha value is -3.04. The van der Waals surface area contributed by atoms with E-state index in [9.17, 15) is 9.18 Å². The lowest BCUT2D eigenvalue weighted by Gasteiger charge is -2.13. The first-order chi connectivity index (χ1) is 17.7. The van der Waals surface area contributed by atoms with E-state index in [2.05, 4.69) is 22.2 Å². The molecule has 0 bridgehead atoms. The van der Waals surface area contributed by atoms with Crippen molar-refractivity contribution in [3.8, 4) is 16.9 Å². The lowest BCUT2D eigenvalue weighted by Crippen LogP contribution is -2.27. The number of nitrogens with two attached hydrogens (primary N) is 2. The maximum Gasteiger partial charge on any atom is 0.354 e. The average molecular weight is 525 g/mol. The molecule has 0 radical (unpaired) electrons. The molecule has 2 heterocycles. The molecule has 4 aromatic rings. The highest BCUT2D eigenvalue weighted by Gasteiger charge is 2.15. The zero-order chi connectivity index (χ0) is 26.5. The Kier molecular flexibility index (Phi) is 8.76. The fourth-order valence-corrected chi connectivity index (χ4v) is 4.60. The van der Waals surface area contributed by atoms with Crippen LogP contribution in [-0.4, -0.2) is 33.2 Å². The second-order valence-electron chi connectivity index (χ2n) is 9.71. The molecule has 196 valence electrons. The van der Waals surface area contributed by atoms with Gasteiger partial charge in [-0.05, 0) is 87.5 Å². The topological polar surface area (TPSA) is 115 Å². The molecular formula is C28H34ClFN6O. The molecule has 0 unspecified atom stereocenters. The van der Waals surface area contributed by atoms with Crippen molar-refractivity contribution in [3.63, 3.8) is 0 Å². The summed E-state index contributed by atoms with van der Waals surface area (Å²) in [6.45, 7) is 5.43. The van der Waals surface area contributed by atoms with E-state index in [1.807, 2.05) is 31.2 Å². The van der Waals surface area contributed by atoms with Crippen LogP contribution in [0.3, 0.4) is 0 Å². The van der Waals surface area contributed by atoms with Gasteiger partial charge in [-0.25, -0.2) is 9.18 Å². The van der Waals surface area contributed by atoms with Gasteiger partial charge in [0.2, 0.25) is 0 Å². The van der Waals surface area contributed by atoms with E-state index in [-0.39, 0.29) is 11.1 Å². The van der Waals surface area contributed by atoms with Gasteiger partial charge in [-0.3, -0.25) is 4.57 Å². The Morgan fingerprint density at radius 1 is 1.14 bits per heavy atom. The third-order valence-electron chi connectivity index (χ3n) is 6.48. The number of H-pyrrole nitrogens is 1. The van der Waals surface area contributed by atoms with Crippen LogP contribution < -0.4 is 22.5 Å². The van der Waals surface area contributed by atoms with Gasteiger partial charge in [0.15, 0.2) is 5.82 Å². The smallest absolute Gasteiger partial charge is 0.339 e. The van der Waals surface area contributed by atoms with Crippen molar-refractivity contribution in [1.82, 2.24) is 19.9 Å². The summed E-state index contributed by atoms with van der Waals surface area (Å²) in [7, 11) is 0. The number of rotatable bonds is 11. The molecule has 0 fully saturated rings. The normalized spacial score (nSPS) is 13.2.